The molecule has 6 heteroatoms. The van der Waals surface area contributed by atoms with Gasteiger partial charge in [0.15, 0.2) is 5.11 Å². The summed E-state index contributed by atoms with van der Waals surface area (Å²) < 4.78 is 5.90. The second kappa shape index (κ2) is 9.57. The van der Waals surface area contributed by atoms with Gasteiger partial charge >= 0.3 is 0 Å². The summed E-state index contributed by atoms with van der Waals surface area (Å²) in [5.74, 6) is 0.793. The van der Waals surface area contributed by atoms with E-state index in [0.29, 0.717) is 11.2 Å². The molecule has 2 aromatic carbocycles. The van der Waals surface area contributed by atoms with Crippen molar-refractivity contribution in [3.8, 4) is 5.75 Å². The maximum atomic E-state index is 5.90. The van der Waals surface area contributed by atoms with Crippen molar-refractivity contribution in [2.75, 3.05) is 23.7 Å². The molecule has 0 amide bonds. The van der Waals surface area contributed by atoms with Crippen LogP contribution < -0.4 is 15.4 Å². The number of benzene rings is 2. The monoisotopic (exact) mass is 460 g/mol. The molecule has 1 unspecified atom stereocenters. The molecule has 3 N–H and O–H groups in total. The molecule has 172 valence electrons. The van der Waals surface area contributed by atoms with Crippen LogP contribution in [0.5, 0.6) is 5.75 Å². The van der Waals surface area contributed by atoms with Crippen molar-refractivity contribution < 1.29 is 4.74 Å². The molecular weight excluding hydrogens is 428 g/mol. The highest BCUT2D eigenvalue weighted by Gasteiger charge is 2.27. The number of para-hydroxylation sites is 2. The quantitative estimate of drug-likeness (QED) is 0.384. The smallest absolute Gasteiger partial charge is 0.175 e. The van der Waals surface area contributed by atoms with Gasteiger partial charge in [-0.15, -0.1) is 0 Å². The minimum absolute atomic E-state index is 0.0960. The molecule has 0 bridgehead atoms. The molecule has 3 heterocycles. The number of H-pyrrole nitrogens is 1. The predicted molar refractivity (Wildman–Crippen MR) is 142 cm³/mol. The van der Waals surface area contributed by atoms with Gasteiger partial charge < -0.3 is 20.4 Å². The Morgan fingerprint density at radius 1 is 1.15 bits per heavy atom. The maximum Gasteiger partial charge on any atom is 0.175 e. The van der Waals surface area contributed by atoms with Crippen LogP contribution in [0.15, 0.2) is 54.7 Å². The number of rotatable bonds is 5. The zero-order valence-corrected chi connectivity index (χ0v) is 20.2. The highest BCUT2D eigenvalue weighted by Crippen LogP contribution is 2.35. The van der Waals surface area contributed by atoms with Crippen molar-refractivity contribution in [3.05, 3.63) is 60.3 Å². The lowest BCUT2D eigenvalue weighted by molar-refractivity contribution is 0.161. The van der Waals surface area contributed by atoms with E-state index in [2.05, 4.69) is 51.0 Å². The van der Waals surface area contributed by atoms with Crippen molar-refractivity contribution >= 4 is 45.2 Å². The summed E-state index contributed by atoms with van der Waals surface area (Å²) in [6.07, 6.45) is 9.82. The molecule has 5 nitrogen and oxygen atoms in total. The van der Waals surface area contributed by atoms with Crippen LogP contribution in [0.4, 0.5) is 11.4 Å². The molecule has 1 aromatic heterocycles. The van der Waals surface area contributed by atoms with E-state index in [1.54, 1.807) is 0 Å². The molecule has 1 saturated heterocycles. The van der Waals surface area contributed by atoms with Crippen molar-refractivity contribution in [1.29, 1.82) is 0 Å². The molecular formula is C27H32N4OS. The van der Waals surface area contributed by atoms with Crippen LogP contribution >= 0.6 is 12.2 Å². The Kier molecular flexibility index (Phi) is 6.38. The lowest BCUT2D eigenvalue weighted by Gasteiger charge is -2.38. The highest BCUT2D eigenvalue weighted by molar-refractivity contribution is 7.80. The maximum absolute atomic E-state index is 5.90. The van der Waals surface area contributed by atoms with Gasteiger partial charge in [-0.25, -0.2) is 0 Å². The van der Waals surface area contributed by atoms with Crippen molar-refractivity contribution in [2.24, 2.45) is 0 Å². The first-order chi connectivity index (χ1) is 16.1. The fourth-order valence-electron chi connectivity index (χ4n) is 4.99. The molecule has 2 aliphatic heterocycles. The van der Waals surface area contributed by atoms with Crippen LogP contribution in [0.25, 0.3) is 16.5 Å². The number of nitrogens with zero attached hydrogens (tertiary/aromatic N) is 1. The van der Waals surface area contributed by atoms with Gasteiger partial charge in [-0.1, -0.05) is 24.6 Å². The highest BCUT2D eigenvalue weighted by atomic mass is 32.1. The summed E-state index contributed by atoms with van der Waals surface area (Å²) in [5.41, 5.74) is 5.75. The predicted octanol–water partition coefficient (Wildman–Crippen LogP) is 6.41. The largest absolute Gasteiger partial charge is 0.489 e. The van der Waals surface area contributed by atoms with E-state index < -0.39 is 0 Å². The van der Waals surface area contributed by atoms with Gasteiger partial charge in [0.05, 0.1) is 11.8 Å². The van der Waals surface area contributed by atoms with Gasteiger partial charge in [0, 0.05) is 40.9 Å². The number of aromatic nitrogens is 1. The second-order valence-electron chi connectivity index (χ2n) is 9.28. The molecule has 1 atom stereocenters. The van der Waals surface area contributed by atoms with Crippen LogP contribution in [0.1, 0.15) is 45.1 Å². The number of anilines is 2. The number of hydrogen-bond acceptors (Lipinski definition) is 3. The Labute approximate surface area is 201 Å². The SMILES string of the molecule is CC(C)Oc1ccccc1NC(=S)Nc1ccc2[nH]cc(C3=CCN4CCCCC4C3)c2c1. The first kappa shape index (κ1) is 22.0. The minimum Gasteiger partial charge on any atom is -0.489 e. The molecule has 1 fully saturated rings. The summed E-state index contributed by atoms with van der Waals surface area (Å²) in [4.78, 5) is 6.09. The average molecular weight is 461 g/mol. The Bertz CT molecular complexity index is 1180. The third-order valence-corrected chi connectivity index (χ3v) is 6.76. The van der Waals surface area contributed by atoms with E-state index in [1.165, 1.54) is 42.3 Å². The van der Waals surface area contributed by atoms with Gasteiger partial charge in [-0.2, -0.15) is 0 Å². The second-order valence-corrected chi connectivity index (χ2v) is 9.69. The van der Waals surface area contributed by atoms with Crippen LogP contribution in [0.3, 0.4) is 0 Å². The van der Waals surface area contributed by atoms with E-state index in [4.69, 9.17) is 17.0 Å². The van der Waals surface area contributed by atoms with E-state index in [0.717, 1.165) is 35.6 Å². The first-order valence-electron chi connectivity index (χ1n) is 11.9. The normalized spacial score (nSPS) is 18.6. The average Bonchev–Trinajstić information content (AvgIpc) is 3.23. The summed E-state index contributed by atoms with van der Waals surface area (Å²) >= 11 is 5.61. The zero-order valence-electron chi connectivity index (χ0n) is 19.4. The topological polar surface area (TPSA) is 52.3 Å². The van der Waals surface area contributed by atoms with Gasteiger partial charge in [-0.3, -0.25) is 4.90 Å². The number of fused-ring (bicyclic) bond motifs is 2. The number of aromatic amines is 1. The molecule has 3 aromatic rings. The molecule has 33 heavy (non-hydrogen) atoms. The molecule has 2 aliphatic rings. The summed E-state index contributed by atoms with van der Waals surface area (Å²) in [6, 6.07) is 14.9. The van der Waals surface area contributed by atoms with Gasteiger partial charge in [-0.05, 0) is 87.8 Å². The molecule has 0 spiro atoms. The third kappa shape index (κ3) is 4.92. The van der Waals surface area contributed by atoms with Crippen LogP contribution in [-0.2, 0) is 0 Å². The van der Waals surface area contributed by atoms with E-state index in [9.17, 15) is 0 Å². The van der Waals surface area contributed by atoms with Crippen molar-refractivity contribution in [2.45, 2.75) is 51.7 Å². The Hall–Kier alpha value is -2.83. The number of piperidine rings is 1. The standard InChI is InChI=1S/C27H32N4OS/c1-18(2)32-26-9-4-3-8-25(26)30-27(33)29-20-10-11-24-22(16-20)23(17-28-24)19-12-14-31-13-6-5-7-21(31)15-19/h3-4,8-12,16-18,21,28H,5-7,13-15H2,1-2H3,(H2,29,30,33). The summed E-state index contributed by atoms with van der Waals surface area (Å²) in [5, 5.41) is 8.42. The van der Waals surface area contributed by atoms with Crippen molar-refractivity contribution in [1.82, 2.24) is 9.88 Å². The Balaban J connectivity index is 1.33. The van der Waals surface area contributed by atoms with Crippen molar-refractivity contribution in [3.63, 3.8) is 0 Å². The fourth-order valence-corrected chi connectivity index (χ4v) is 5.22. The summed E-state index contributed by atoms with van der Waals surface area (Å²) in [7, 11) is 0. The van der Waals surface area contributed by atoms with Gasteiger partial charge in [0.1, 0.15) is 5.75 Å². The Morgan fingerprint density at radius 3 is 2.91 bits per heavy atom. The molecule has 5 rings (SSSR count). The van der Waals surface area contributed by atoms with Crippen LogP contribution in [0.2, 0.25) is 0 Å². The number of ether oxygens (including phenoxy) is 1. The van der Waals surface area contributed by atoms with E-state index >= 15 is 0 Å². The van der Waals surface area contributed by atoms with E-state index in [-0.39, 0.29) is 6.10 Å². The molecule has 0 aliphatic carbocycles. The molecule has 0 radical (unpaired) electrons. The summed E-state index contributed by atoms with van der Waals surface area (Å²) in [6.45, 7) is 6.35. The lowest BCUT2D eigenvalue weighted by Crippen LogP contribution is -2.41. The Morgan fingerprint density at radius 2 is 2.03 bits per heavy atom. The number of hydrogen-bond donors (Lipinski definition) is 3. The number of nitrogens with one attached hydrogen (secondary N) is 3. The first-order valence-corrected chi connectivity index (χ1v) is 12.4. The molecule has 0 saturated carbocycles. The fraction of sp³-hybridized carbons (Fsp3) is 0.370. The zero-order chi connectivity index (χ0) is 22.8. The number of thiocarbonyl (C=S) groups is 1. The van der Waals surface area contributed by atoms with Gasteiger partial charge in [0.2, 0.25) is 0 Å². The third-order valence-electron chi connectivity index (χ3n) is 6.56. The van der Waals surface area contributed by atoms with Crippen LogP contribution in [-0.4, -0.2) is 40.2 Å². The lowest BCUT2D eigenvalue weighted by atomic mass is 9.89. The minimum atomic E-state index is 0.0960. The van der Waals surface area contributed by atoms with Crippen LogP contribution in [0, 0.1) is 0 Å². The van der Waals surface area contributed by atoms with E-state index in [1.807, 2.05) is 38.1 Å². The van der Waals surface area contributed by atoms with Gasteiger partial charge in [0.25, 0.3) is 0 Å².